The molecule has 1 aromatic carbocycles. The summed E-state index contributed by atoms with van der Waals surface area (Å²) in [5.41, 5.74) is 0.691. The van der Waals surface area contributed by atoms with Crippen LogP contribution in [-0.4, -0.2) is 64.9 Å². The second kappa shape index (κ2) is 7.20. The summed E-state index contributed by atoms with van der Waals surface area (Å²) >= 11 is 0. The van der Waals surface area contributed by atoms with Crippen molar-refractivity contribution < 1.29 is 18.0 Å². The second-order valence-electron chi connectivity index (χ2n) is 10.9. The van der Waals surface area contributed by atoms with E-state index in [4.69, 9.17) is 0 Å². The molecule has 3 saturated heterocycles. The number of amides is 1. The topological polar surface area (TPSA) is 26.8 Å². The summed E-state index contributed by atoms with van der Waals surface area (Å²) in [7, 11) is 0. The second-order valence-corrected chi connectivity index (χ2v) is 10.9. The molecule has 6 rings (SSSR count). The molecule has 5 aliphatic rings. The SMILES string of the molecule is CC1C2Cc3ccc(C(F)(F)F)cc3CN2C(=O)[C@]12CCC(N1CCN3CCCC3C1)C2. The summed E-state index contributed by atoms with van der Waals surface area (Å²) in [6.07, 6.45) is 1.81. The average molecular weight is 448 g/mol. The lowest BCUT2D eigenvalue weighted by atomic mass is 9.73. The Hall–Kier alpha value is -1.60. The smallest absolute Gasteiger partial charge is 0.334 e. The first kappa shape index (κ1) is 21.0. The van der Waals surface area contributed by atoms with Crippen LogP contribution in [0.1, 0.15) is 55.7 Å². The maximum absolute atomic E-state index is 13.8. The van der Waals surface area contributed by atoms with Crippen LogP contribution in [0, 0.1) is 11.3 Å². The molecule has 1 saturated carbocycles. The molecule has 1 amide bonds. The van der Waals surface area contributed by atoms with Crippen LogP contribution in [0.25, 0.3) is 0 Å². The number of piperazine rings is 1. The van der Waals surface area contributed by atoms with Gasteiger partial charge in [-0.15, -0.1) is 0 Å². The molecule has 1 spiro atoms. The number of nitrogens with zero attached hydrogens (tertiary/aromatic N) is 3. The molecule has 1 aromatic rings. The van der Waals surface area contributed by atoms with Crippen LogP contribution in [0.5, 0.6) is 0 Å². The molecule has 4 fully saturated rings. The first-order valence-electron chi connectivity index (χ1n) is 12.2. The van der Waals surface area contributed by atoms with E-state index in [1.165, 1.54) is 31.5 Å². The van der Waals surface area contributed by atoms with E-state index in [2.05, 4.69) is 16.7 Å². The number of hydrogen-bond donors (Lipinski definition) is 0. The van der Waals surface area contributed by atoms with Gasteiger partial charge < -0.3 is 4.90 Å². The predicted molar refractivity (Wildman–Crippen MR) is 115 cm³/mol. The minimum absolute atomic E-state index is 0.108. The zero-order valence-corrected chi connectivity index (χ0v) is 18.7. The third kappa shape index (κ3) is 3.07. The molecule has 32 heavy (non-hydrogen) atoms. The van der Waals surface area contributed by atoms with E-state index in [0.717, 1.165) is 44.5 Å². The Kier molecular flexibility index (Phi) is 4.72. The van der Waals surface area contributed by atoms with Gasteiger partial charge in [0.05, 0.1) is 11.0 Å². The van der Waals surface area contributed by atoms with Gasteiger partial charge in [-0.1, -0.05) is 13.0 Å². The zero-order chi connectivity index (χ0) is 22.3. The number of rotatable bonds is 1. The number of hydrogen-bond acceptors (Lipinski definition) is 3. The lowest BCUT2D eigenvalue weighted by Crippen LogP contribution is -2.53. The Morgan fingerprint density at radius 2 is 1.84 bits per heavy atom. The van der Waals surface area contributed by atoms with E-state index in [1.807, 2.05) is 4.90 Å². The van der Waals surface area contributed by atoms with Gasteiger partial charge in [0.15, 0.2) is 0 Å². The van der Waals surface area contributed by atoms with Crippen LogP contribution in [0.4, 0.5) is 13.2 Å². The average Bonchev–Trinajstić information content (AvgIpc) is 3.47. The molecule has 0 bridgehead atoms. The molecule has 4 aliphatic heterocycles. The van der Waals surface area contributed by atoms with Crippen LogP contribution < -0.4 is 0 Å². The van der Waals surface area contributed by atoms with E-state index in [1.54, 1.807) is 6.07 Å². The van der Waals surface area contributed by atoms with E-state index < -0.39 is 11.7 Å². The van der Waals surface area contributed by atoms with Crippen molar-refractivity contribution in [3.63, 3.8) is 0 Å². The Morgan fingerprint density at radius 1 is 1.03 bits per heavy atom. The minimum Gasteiger partial charge on any atom is -0.334 e. The highest BCUT2D eigenvalue weighted by molar-refractivity contribution is 5.87. The van der Waals surface area contributed by atoms with Crippen LogP contribution in [0.15, 0.2) is 18.2 Å². The van der Waals surface area contributed by atoms with Gasteiger partial charge in [-0.3, -0.25) is 14.6 Å². The first-order chi connectivity index (χ1) is 15.3. The summed E-state index contributed by atoms with van der Waals surface area (Å²) in [6.45, 7) is 7.13. The molecule has 4 heterocycles. The fourth-order valence-corrected chi connectivity index (χ4v) is 7.62. The summed E-state index contributed by atoms with van der Waals surface area (Å²) in [6, 6.07) is 5.34. The largest absolute Gasteiger partial charge is 0.416 e. The van der Waals surface area contributed by atoms with Gasteiger partial charge in [0.2, 0.25) is 5.91 Å². The molecule has 5 atom stereocenters. The van der Waals surface area contributed by atoms with E-state index in [0.29, 0.717) is 30.6 Å². The van der Waals surface area contributed by atoms with Crippen molar-refractivity contribution in [3.05, 3.63) is 34.9 Å². The minimum atomic E-state index is -4.35. The number of fused-ring (bicyclic) bond motifs is 3. The fraction of sp³-hybridized carbons (Fsp3) is 0.720. The van der Waals surface area contributed by atoms with Crippen molar-refractivity contribution in [2.45, 2.75) is 76.3 Å². The summed E-state index contributed by atoms with van der Waals surface area (Å²) in [5, 5.41) is 0. The van der Waals surface area contributed by atoms with E-state index in [-0.39, 0.29) is 23.3 Å². The van der Waals surface area contributed by atoms with E-state index >= 15 is 0 Å². The molecule has 1 aliphatic carbocycles. The van der Waals surface area contributed by atoms with Gasteiger partial charge in [0, 0.05) is 44.3 Å². The summed E-state index contributed by atoms with van der Waals surface area (Å²) in [5.74, 6) is 0.434. The fourth-order valence-electron chi connectivity index (χ4n) is 7.62. The number of carbonyl (C=O) groups is 1. The van der Waals surface area contributed by atoms with Gasteiger partial charge in [0.1, 0.15) is 0 Å². The summed E-state index contributed by atoms with van der Waals surface area (Å²) in [4.78, 5) is 20.9. The van der Waals surface area contributed by atoms with Gasteiger partial charge in [-0.25, -0.2) is 0 Å². The quantitative estimate of drug-likeness (QED) is 0.653. The Labute approximate surface area is 187 Å². The van der Waals surface area contributed by atoms with Crippen molar-refractivity contribution >= 4 is 5.91 Å². The first-order valence-corrected chi connectivity index (χ1v) is 12.2. The molecule has 0 N–H and O–H groups in total. The van der Waals surface area contributed by atoms with Crippen molar-refractivity contribution in [3.8, 4) is 0 Å². The highest BCUT2D eigenvalue weighted by Gasteiger charge is 2.61. The van der Waals surface area contributed by atoms with Gasteiger partial charge in [-0.05, 0) is 74.2 Å². The standard InChI is InChI=1S/C25H32F3N3O/c1-16-22-12-17-4-5-19(25(26,27)28)11-18(17)14-31(22)23(32)24(16)7-6-20(13-24)30-10-9-29-8-2-3-21(29)15-30/h4-5,11,16,20-22H,2-3,6-10,12-15H2,1H3/t16?,20?,21?,22?,24-/m0/s1. The monoisotopic (exact) mass is 447 g/mol. The van der Waals surface area contributed by atoms with Crippen LogP contribution >= 0.6 is 0 Å². The molecule has 4 nitrogen and oxygen atoms in total. The van der Waals surface area contributed by atoms with Crippen molar-refractivity contribution in [1.82, 2.24) is 14.7 Å². The highest BCUT2D eigenvalue weighted by atomic mass is 19.4. The Morgan fingerprint density at radius 3 is 2.66 bits per heavy atom. The van der Waals surface area contributed by atoms with Crippen molar-refractivity contribution in [2.75, 3.05) is 26.2 Å². The van der Waals surface area contributed by atoms with Crippen LogP contribution in [0.2, 0.25) is 0 Å². The third-order valence-electron chi connectivity index (χ3n) is 9.50. The molecular weight excluding hydrogens is 415 g/mol. The lowest BCUT2D eigenvalue weighted by Gasteiger charge is -2.41. The number of benzene rings is 1. The Bertz CT molecular complexity index is 933. The normalized spacial score (nSPS) is 37.8. The number of alkyl halides is 3. The van der Waals surface area contributed by atoms with Crippen LogP contribution in [-0.2, 0) is 23.9 Å². The zero-order valence-electron chi connectivity index (χ0n) is 18.7. The molecule has 0 aromatic heterocycles. The Balaban J connectivity index is 1.21. The number of carbonyl (C=O) groups excluding carboxylic acids is 1. The number of halogens is 3. The van der Waals surface area contributed by atoms with Crippen LogP contribution in [0.3, 0.4) is 0 Å². The maximum atomic E-state index is 13.8. The maximum Gasteiger partial charge on any atom is 0.416 e. The molecule has 4 unspecified atom stereocenters. The lowest BCUT2D eigenvalue weighted by molar-refractivity contribution is -0.138. The highest BCUT2D eigenvalue weighted by Crippen LogP contribution is 2.55. The van der Waals surface area contributed by atoms with Crippen molar-refractivity contribution in [2.24, 2.45) is 11.3 Å². The molecule has 0 radical (unpaired) electrons. The predicted octanol–water partition coefficient (Wildman–Crippen LogP) is 3.93. The van der Waals surface area contributed by atoms with Gasteiger partial charge >= 0.3 is 6.18 Å². The van der Waals surface area contributed by atoms with E-state index in [9.17, 15) is 18.0 Å². The molecule has 7 heteroatoms. The third-order valence-corrected chi connectivity index (χ3v) is 9.50. The molecular formula is C25H32F3N3O. The van der Waals surface area contributed by atoms with Gasteiger partial charge in [-0.2, -0.15) is 13.2 Å². The van der Waals surface area contributed by atoms with Gasteiger partial charge in [0.25, 0.3) is 0 Å². The van der Waals surface area contributed by atoms with Crippen molar-refractivity contribution in [1.29, 1.82) is 0 Å². The summed E-state index contributed by atoms with van der Waals surface area (Å²) < 4.78 is 39.7. The molecule has 174 valence electrons.